The first-order valence-electron chi connectivity index (χ1n) is 5.86. The zero-order valence-electron chi connectivity index (χ0n) is 11.3. The van der Waals surface area contributed by atoms with E-state index in [4.69, 9.17) is 0 Å². The second-order valence-electron chi connectivity index (χ2n) is 4.60. The minimum Gasteiger partial charge on any atom is -0.308 e. The third kappa shape index (κ3) is 7.43. The van der Waals surface area contributed by atoms with Crippen LogP contribution in [0.1, 0.15) is 20.8 Å². The van der Waals surface area contributed by atoms with Crippen LogP contribution in [0.5, 0.6) is 0 Å². The van der Waals surface area contributed by atoms with Gasteiger partial charge in [0.05, 0.1) is 0 Å². The molecule has 0 saturated heterocycles. The Kier molecular flexibility index (Phi) is 7.86. The number of nitrogens with zero attached hydrogens (tertiary/aromatic N) is 1. The van der Waals surface area contributed by atoms with Crippen molar-refractivity contribution < 1.29 is 0 Å². The summed E-state index contributed by atoms with van der Waals surface area (Å²) in [5.74, 6) is 0. The van der Waals surface area contributed by atoms with Crippen molar-refractivity contribution >= 4 is 0 Å². The third-order valence-electron chi connectivity index (χ3n) is 2.14. The summed E-state index contributed by atoms with van der Waals surface area (Å²) in [6.07, 6.45) is 8.14. The van der Waals surface area contributed by atoms with E-state index in [2.05, 4.69) is 50.8 Å². The van der Waals surface area contributed by atoms with Crippen LogP contribution in [0.4, 0.5) is 0 Å². The van der Waals surface area contributed by atoms with Crippen molar-refractivity contribution in [2.24, 2.45) is 0 Å². The highest BCUT2D eigenvalue weighted by molar-refractivity contribution is 5.24. The molecular weight excluding hydrogens is 196 g/mol. The van der Waals surface area contributed by atoms with Gasteiger partial charge in [0, 0.05) is 18.6 Å². The molecule has 0 aliphatic carbocycles. The van der Waals surface area contributed by atoms with E-state index in [0.717, 1.165) is 12.1 Å². The maximum atomic E-state index is 4.12. The van der Waals surface area contributed by atoms with Gasteiger partial charge in [0.15, 0.2) is 0 Å². The van der Waals surface area contributed by atoms with Gasteiger partial charge in [-0.25, -0.2) is 0 Å². The van der Waals surface area contributed by atoms with Crippen molar-refractivity contribution in [3.63, 3.8) is 0 Å². The van der Waals surface area contributed by atoms with Gasteiger partial charge in [-0.3, -0.25) is 0 Å². The SMILES string of the molecule is C=C(/C=C\C=C/C)[C@@H](CN(C)C)NC(C)C. The molecule has 0 amide bonds. The fourth-order valence-electron chi connectivity index (χ4n) is 1.45. The van der Waals surface area contributed by atoms with Crippen LogP contribution in [0, 0.1) is 0 Å². The number of likely N-dealkylation sites (N-methyl/N-ethyl adjacent to an activating group) is 1. The Bertz CT molecular complexity index is 239. The highest BCUT2D eigenvalue weighted by Crippen LogP contribution is 2.04. The molecule has 0 spiro atoms. The number of hydrogen-bond donors (Lipinski definition) is 1. The Balaban J connectivity index is 4.42. The summed E-state index contributed by atoms with van der Waals surface area (Å²) in [4.78, 5) is 2.18. The summed E-state index contributed by atoms with van der Waals surface area (Å²) in [5, 5.41) is 3.52. The number of allylic oxidation sites excluding steroid dienone is 3. The molecule has 2 nitrogen and oxygen atoms in total. The molecule has 0 aromatic heterocycles. The molecule has 0 saturated carbocycles. The first-order valence-corrected chi connectivity index (χ1v) is 5.86. The zero-order valence-corrected chi connectivity index (χ0v) is 11.3. The maximum absolute atomic E-state index is 4.12. The maximum Gasteiger partial charge on any atom is 0.0445 e. The topological polar surface area (TPSA) is 15.3 Å². The van der Waals surface area contributed by atoms with E-state index in [1.54, 1.807) is 0 Å². The molecule has 0 heterocycles. The molecule has 1 N–H and O–H groups in total. The lowest BCUT2D eigenvalue weighted by molar-refractivity contribution is 0.350. The van der Waals surface area contributed by atoms with Crippen molar-refractivity contribution in [1.82, 2.24) is 10.2 Å². The first-order chi connectivity index (χ1) is 7.47. The molecular formula is C14H26N2. The summed E-state index contributed by atoms with van der Waals surface area (Å²) in [5.41, 5.74) is 1.13. The molecule has 0 fully saturated rings. The molecule has 0 aliphatic rings. The summed E-state index contributed by atoms with van der Waals surface area (Å²) in [7, 11) is 4.16. The van der Waals surface area contributed by atoms with Crippen LogP contribution >= 0.6 is 0 Å². The van der Waals surface area contributed by atoms with Gasteiger partial charge in [-0.2, -0.15) is 0 Å². The van der Waals surface area contributed by atoms with E-state index in [0.29, 0.717) is 12.1 Å². The standard InChI is InChI=1S/C14H26N2/c1-7-8-9-10-13(4)14(11-16(5)6)15-12(2)3/h7-10,12,14-15H,4,11H2,1-3,5-6H3/b8-7-,10-9-/t14-/m1/s1. The van der Waals surface area contributed by atoms with Crippen molar-refractivity contribution in [2.45, 2.75) is 32.9 Å². The van der Waals surface area contributed by atoms with Gasteiger partial charge in [-0.05, 0) is 26.6 Å². The zero-order chi connectivity index (χ0) is 12.6. The Hall–Kier alpha value is -0.860. The Morgan fingerprint density at radius 2 is 1.94 bits per heavy atom. The largest absolute Gasteiger partial charge is 0.308 e. The lowest BCUT2D eigenvalue weighted by atomic mass is 10.1. The molecule has 0 rings (SSSR count). The van der Waals surface area contributed by atoms with E-state index in [-0.39, 0.29) is 0 Å². The molecule has 0 unspecified atom stereocenters. The van der Waals surface area contributed by atoms with Crippen molar-refractivity contribution in [3.05, 3.63) is 36.5 Å². The first kappa shape index (κ1) is 15.1. The quantitative estimate of drug-likeness (QED) is 0.666. The van der Waals surface area contributed by atoms with Crippen LogP contribution in [0.15, 0.2) is 36.5 Å². The highest BCUT2D eigenvalue weighted by Gasteiger charge is 2.12. The molecule has 1 atom stereocenters. The average Bonchev–Trinajstić information content (AvgIpc) is 2.15. The van der Waals surface area contributed by atoms with Gasteiger partial charge in [0.25, 0.3) is 0 Å². The van der Waals surface area contributed by atoms with Crippen LogP contribution in [-0.4, -0.2) is 37.6 Å². The van der Waals surface area contributed by atoms with Crippen LogP contribution < -0.4 is 5.32 Å². The molecule has 0 radical (unpaired) electrons. The molecule has 0 bridgehead atoms. The smallest absolute Gasteiger partial charge is 0.0445 e. The predicted octanol–water partition coefficient (Wildman–Crippen LogP) is 2.60. The van der Waals surface area contributed by atoms with E-state index in [1.807, 2.05) is 25.2 Å². The van der Waals surface area contributed by atoms with Gasteiger partial charge < -0.3 is 10.2 Å². The van der Waals surface area contributed by atoms with Gasteiger partial charge in [-0.15, -0.1) is 0 Å². The van der Waals surface area contributed by atoms with Crippen molar-refractivity contribution in [3.8, 4) is 0 Å². The monoisotopic (exact) mass is 222 g/mol. The van der Waals surface area contributed by atoms with Crippen LogP contribution in [0.3, 0.4) is 0 Å². The van der Waals surface area contributed by atoms with E-state index < -0.39 is 0 Å². The highest BCUT2D eigenvalue weighted by atomic mass is 15.1. The molecule has 2 heteroatoms. The Morgan fingerprint density at radius 1 is 1.31 bits per heavy atom. The van der Waals surface area contributed by atoms with E-state index >= 15 is 0 Å². The number of hydrogen-bond acceptors (Lipinski definition) is 2. The minimum atomic E-state index is 0.316. The van der Waals surface area contributed by atoms with Gasteiger partial charge in [-0.1, -0.05) is 44.7 Å². The fraction of sp³-hybridized carbons (Fsp3) is 0.571. The van der Waals surface area contributed by atoms with Crippen molar-refractivity contribution in [2.75, 3.05) is 20.6 Å². The molecule has 0 aliphatic heterocycles. The molecule has 16 heavy (non-hydrogen) atoms. The number of nitrogens with one attached hydrogen (secondary N) is 1. The second-order valence-corrected chi connectivity index (χ2v) is 4.60. The summed E-state index contributed by atoms with van der Waals surface area (Å²) < 4.78 is 0. The van der Waals surface area contributed by atoms with Crippen molar-refractivity contribution in [1.29, 1.82) is 0 Å². The van der Waals surface area contributed by atoms with Crippen LogP contribution in [0.2, 0.25) is 0 Å². The lowest BCUT2D eigenvalue weighted by Gasteiger charge is -2.25. The summed E-state index contributed by atoms with van der Waals surface area (Å²) >= 11 is 0. The Morgan fingerprint density at radius 3 is 2.38 bits per heavy atom. The molecule has 92 valence electrons. The fourth-order valence-corrected chi connectivity index (χ4v) is 1.45. The number of rotatable bonds is 7. The van der Waals surface area contributed by atoms with Gasteiger partial charge >= 0.3 is 0 Å². The van der Waals surface area contributed by atoms with Crippen LogP contribution in [0.25, 0.3) is 0 Å². The normalized spacial score (nSPS) is 14.4. The second kappa shape index (κ2) is 8.31. The van der Waals surface area contributed by atoms with E-state index in [9.17, 15) is 0 Å². The summed E-state index contributed by atoms with van der Waals surface area (Å²) in [6.45, 7) is 11.4. The minimum absolute atomic E-state index is 0.316. The average molecular weight is 222 g/mol. The predicted molar refractivity (Wildman–Crippen MR) is 73.7 cm³/mol. The summed E-state index contributed by atoms with van der Waals surface area (Å²) in [6, 6.07) is 0.785. The lowest BCUT2D eigenvalue weighted by Crippen LogP contribution is -2.42. The van der Waals surface area contributed by atoms with Crippen LogP contribution in [-0.2, 0) is 0 Å². The van der Waals surface area contributed by atoms with Gasteiger partial charge in [0.2, 0.25) is 0 Å². The molecule has 0 aromatic carbocycles. The van der Waals surface area contributed by atoms with Gasteiger partial charge in [0.1, 0.15) is 0 Å². The Labute approximate surface area is 101 Å². The molecule has 0 aromatic rings. The van der Waals surface area contributed by atoms with E-state index in [1.165, 1.54) is 0 Å². The third-order valence-corrected chi connectivity index (χ3v) is 2.14.